The van der Waals surface area contributed by atoms with Crippen molar-refractivity contribution in [2.24, 2.45) is 5.41 Å². The molecular formula is C15H24N6OS. The first-order valence-electron chi connectivity index (χ1n) is 7.62. The lowest BCUT2D eigenvalue weighted by atomic mass is 9.86. The number of hydrogen-bond acceptors (Lipinski definition) is 5. The fourth-order valence-electron chi connectivity index (χ4n) is 1.95. The Morgan fingerprint density at radius 2 is 2.09 bits per heavy atom. The highest BCUT2D eigenvalue weighted by atomic mass is 32.1. The van der Waals surface area contributed by atoms with Gasteiger partial charge in [-0.15, -0.1) is 10.2 Å². The van der Waals surface area contributed by atoms with Gasteiger partial charge in [-0.25, -0.2) is 9.78 Å². The summed E-state index contributed by atoms with van der Waals surface area (Å²) in [6.45, 7) is 11.0. The van der Waals surface area contributed by atoms with E-state index in [1.807, 2.05) is 24.6 Å². The van der Waals surface area contributed by atoms with Crippen molar-refractivity contribution in [2.75, 3.05) is 5.32 Å². The highest BCUT2D eigenvalue weighted by Gasteiger charge is 2.27. The fraction of sp³-hybridized carbons (Fsp3) is 0.600. The summed E-state index contributed by atoms with van der Waals surface area (Å²) < 4.78 is 1.96. The predicted octanol–water partition coefficient (Wildman–Crippen LogP) is 3.09. The van der Waals surface area contributed by atoms with Crippen molar-refractivity contribution < 1.29 is 4.79 Å². The maximum absolute atomic E-state index is 12.3. The van der Waals surface area contributed by atoms with Crippen molar-refractivity contribution >= 4 is 22.5 Å². The van der Waals surface area contributed by atoms with Crippen LogP contribution in [0.3, 0.4) is 0 Å². The van der Waals surface area contributed by atoms with Crippen molar-refractivity contribution in [2.45, 2.75) is 53.1 Å². The van der Waals surface area contributed by atoms with Gasteiger partial charge in [0.2, 0.25) is 5.13 Å². The summed E-state index contributed by atoms with van der Waals surface area (Å²) in [6, 6.07) is -0.314. The van der Waals surface area contributed by atoms with Gasteiger partial charge in [0.15, 0.2) is 0 Å². The maximum Gasteiger partial charge on any atom is 0.321 e. The minimum atomic E-state index is -0.267. The van der Waals surface area contributed by atoms with Crippen LogP contribution in [0.4, 0.5) is 9.93 Å². The van der Waals surface area contributed by atoms with E-state index >= 15 is 0 Å². The summed E-state index contributed by atoms with van der Waals surface area (Å²) in [7, 11) is 0. The number of rotatable bonds is 5. The van der Waals surface area contributed by atoms with E-state index in [1.165, 1.54) is 11.3 Å². The first-order valence-corrected chi connectivity index (χ1v) is 8.44. The summed E-state index contributed by atoms with van der Waals surface area (Å²) in [6.07, 6.45) is 5.37. The van der Waals surface area contributed by atoms with Gasteiger partial charge in [-0.05, 0) is 5.41 Å². The number of nitrogens with one attached hydrogen (secondary N) is 2. The van der Waals surface area contributed by atoms with Crippen LogP contribution >= 0.6 is 11.3 Å². The molecule has 23 heavy (non-hydrogen) atoms. The van der Waals surface area contributed by atoms with Gasteiger partial charge < -0.3 is 9.88 Å². The average Bonchev–Trinajstić information content (AvgIpc) is 3.08. The highest BCUT2D eigenvalue weighted by molar-refractivity contribution is 7.15. The molecule has 126 valence electrons. The van der Waals surface area contributed by atoms with Gasteiger partial charge in [-0.1, -0.05) is 46.0 Å². The molecule has 0 bridgehead atoms. The predicted molar refractivity (Wildman–Crippen MR) is 91.6 cm³/mol. The van der Waals surface area contributed by atoms with Gasteiger partial charge in [0, 0.05) is 24.9 Å². The molecule has 0 spiro atoms. The quantitative estimate of drug-likeness (QED) is 0.878. The van der Waals surface area contributed by atoms with Crippen molar-refractivity contribution in [1.82, 2.24) is 25.1 Å². The average molecular weight is 336 g/mol. The number of anilines is 1. The first kappa shape index (κ1) is 17.4. The van der Waals surface area contributed by atoms with Crippen LogP contribution in [-0.4, -0.2) is 31.8 Å². The second-order valence-corrected chi connectivity index (χ2v) is 7.89. The number of hydrogen-bond donors (Lipinski definition) is 2. The van der Waals surface area contributed by atoms with Gasteiger partial charge in [0.25, 0.3) is 0 Å². The Bertz CT molecular complexity index is 629. The first-order chi connectivity index (χ1) is 10.8. The van der Waals surface area contributed by atoms with E-state index in [-0.39, 0.29) is 17.5 Å². The lowest BCUT2D eigenvalue weighted by molar-refractivity contribution is 0.218. The van der Waals surface area contributed by atoms with Gasteiger partial charge >= 0.3 is 6.03 Å². The fourth-order valence-corrected chi connectivity index (χ4v) is 2.69. The highest BCUT2D eigenvalue weighted by Crippen LogP contribution is 2.23. The summed E-state index contributed by atoms with van der Waals surface area (Å²) in [5.74, 6) is 0.301. The van der Waals surface area contributed by atoms with E-state index in [2.05, 4.69) is 46.6 Å². The minimum Gasteiger partial charge on any atom is -0.335 e. The molecule has 8 heteroatoms. The van der Waals surface area contributed by atoms with Crippen molar-refractivity contribution in [3.05, 3.63) is 23.7 Å². The zero-order valence-corrected chi connectivity index (χ0v) is 15.0. The normalized spacial score (nSPS) is 13.1. The van der Waals surface area contributed by atoms with Crippen LogP contribution in [-0.2, 0) is 6.54 Å². The molecule has 0 saturated carbocycles. The molecule has 2 rings (SSSR count). The lowest BCUT2D eigenvalue weighted by Gasteiger charge is -2.31. The molecule has 0 saturated heterocycles. The Morgan fingerprint density at radius 3 is 2.61 bits per heavy atom. The number of amides is 2. The number of aromatic nitrogens is 4. The molecular weight excluding hydrogens is 312 g/mol. The standard InChI is InChI=1S/C15H24N6OS/c1-10(2)12-19-20-14(23-12)18-13(22)17-11(15(3,4)5)8-21-7-6-16-9-21/h6-7,9-11H,8H2,1-5H3,(H2,17,18,20,22)/t11-/m0/s1. The molecule has 0 radical (unpaired) electrons. The molecule has 2 N–H and O–H groups in total. The topological polar surface area (TPSA) is 84.7 Å². The van der Waals surface area contributed by atoms with Gasteiger partial charge in [-0.2, -0.15) is 0 Å². The minimum absolute atomic E-state index is 0.0470. The molecule has 2 aromatic heterocycles. The van der Waals surface area contributed by atoms with Crippen molar-refractivity contribution in [1.29, 1.82) is 0 Å². The third-order valence-corrected chi connectivity index (χ3v) is 4.60. The van der Waals surface area contributed by atoms with Crippen molar-refractivity contribution in [3.8, 4) is 0 Å². The molecule has 0 aromatic carbocycles. The third kappa shape index (κ3) is 5.02. The van der Waals surface area contributed by atoms with Gasteiger partial charge in [-0.3, -0.25) is 5.32 Å². The third-order valence-electron chi connectivity index (χ3n) is 3.46. The Labute approximate surface area is 140 Å². The van der Waals surface area contributed by atoms with E-state index < -0.39 is 0 Å². The monoisotopic (exact) mass is 336 g/mol. The molecule has 0 aliphatic carbocycles. The van der Waals surface area contributed by atoms with E-state index in [0.717, 1.165) is 5.01 Å². The summed E-state index contributed by atoms with van der Waals surface area (Å²) in [5.41, 5.74) is -0.0914. The largest absolute Gasteiger partial charge is 0.335 e. The Balaban J connectivity index is 1.99. The molecule has 2 amide bonds. The summed E-state index contributed by atoms with van der Waals surface area (Å²) in [4.78, 5) is 16.3. The zero-order valence-electron chi connectivity index (χ0n) is 14.2. The van der Waals surface area contributed by atoms with Gasteiger partial charge in [0.1, 0.15) is 5.01 Å². The Hall–Kier alpha value is -1.96. The molecule has 0 aliphatic heterocycles. The molecule has 0 unspecified atom stereocenters. The molecule has 2 heterocycles. The van der Waals surface area contributed by atoms with E-state index in [1.54, 1.807) is 12.5 Å². The smallest absolute Gasteiger partial charge is 0.321 e. The molecule has 1 atom stereocenters. The van der Waals surface area contributed by atoms with Crippen LogP contribution in [0.15, 0.2) is 18.7 Å². The molecule has 2 aromatic rings. The number of urea groups is 1. The van der Waals surface area contributed by atoms with Crippen LogP contribution in [0.5, 0.6) is 0 Å². The van der Waals surface area contributed by atoms with Crippen LogP contribution < -0.4 is 10.6 Å². The van der Waals surface area contributed by atoms with E-state index in [4.69, 9.17) is 0 Å². The molecule has 7 nitrogen and oxygen atoms in total. The van der Waals surface area contributed by atoms with Gasteiger partial charge in [0.05, 0.1) is 12.4 Å². The Kier molecular flexibility index (Phi) is 5.35. The number of carbonyl (C=O) groups is 1. The van der Waals surface area contributed by atoms with Crippen LogP contribution in [0.25, 0.3) is 0 Å². The second kappa shape index (κ2) is 7.08. The van der Waals surface area contributed by atoms with Crippen LogP contribution in [0.1, 0.15) is 45.5 Å². The molecule has 0 fully saturated rings. The van der Waals surface area contributed by atoms with E-state index in [0.29, 0.717) is 17.6 Å². The zero-order chi connectivity index (χ0) is 17.0. The maximum atomic E-state index is 12.3. The van der Waals surface area contributed by atoms with Crippen LogP contribution in [0.2, 0.25) is 0 Å². The molecule has 0 aliphatic rings. The SMILES string of the molecule is CC(C)c1nnc(NC(=O)N[C@@H](Cn2ccnc2)C(C)(C)C)s1. The summed E-state index contributed by atoms with van der Waals surface area (Å²) >= 11 is 1.40. The second-order valence-electron chi connectivity index (χ2n) is 6.88. The Morgan fingerprint density at radius 1 is 1.35 bits per heavy atom. The lowest BCUT2D eigenvalue weighted by Crippen LogP contribution is -2.47. The van der Waals surface area contributed by atoms with Crippen molar-refractivity contribution in [3.63, 3.8) is 0 Å². The number of carbonyl (C=O) groups excluding carboxylic acids is 1. The van der Waals surface area contributed by atoms with Crippen LogP contribution in [0, 0.1) is 5.41 Å². The summed E-state index contributed by atoms with van der Waals surface area (Å²) in [5, 5.41) is 15.3. The number of imidazole rings is 1. The van der Waals surface area contributed by atoms with E-state index in [9.17, 15) is 4.79 Å². The number of nitrogens with zero attached hydrogens (tertiary/aromatic N) is 4.